The molecule has 0 bridgehead atoms. The van der Waals surface area contributed by atoms with E-state index in [1.165, 1.54) is 0 Å². The molecule has 0 aliphatic heterocycles. The van der Waals surface area contributed by atoms with Gasteiger partial charge >= 0.3 is 103 Å². The first kappa shape index (κ1) is 36.3. The van der Waals surface area contributed by atoms with Crippen LogP contribution in [0.15, 0.2) is 0 Å². The van der Waals surface area contributed by atoms with Crippen molar-refractivity contribution in [2.45, 2.75) is 18.4 Å². The Hall–Kier alpha value is -2.11. The molecule has 0 fully saturated rings. The van der Waals surface area contributed by atoms with E-state index in [-0.39, 0.29) is 0 Å². The first-order valence-electron chi connectivity index (χ1n) is 5.83. The van der Waals surface area contributed by atoms with E-state index < -0.39 is 75.3 Å². The van der Waals surface area contributed by atoms with Crippen LogP contribution in [0, 0.1) is 0 Å². The summed E-state index contributed by atoms with van der Waals surface area (Å²) in [6.07, 6.45) is -2.72. The Bertz CT molecular complexity index is 924. The minimum atomic E-state index is -5.01. The summed E-state index contributed by atoms with van der Waals surface area (Å²) in [4.78, 5) is 30.0. The standard InChI is InChI=1S/C6H8O7.3Mn.3H3NO.9O/c7-3(8)1-6(13,5(11)12)2-4(9)10;;;;3*1-2;;;;;;;;;/h13H,1-2H2,(H,7,8)(H,9,10)(H,11,12);;;;3*1H3;;;;;;;;;/q;3*+1;;;;;;;;;;;;/p-3. The fourth-order valence-corrected chi connectivity index (χ4v) is 0.684. The van der Waals surface area contributed by atoms with Crippen LogP contribution >= 0.6 is 0 Å². The molecular formula is C6H14Mn3N3O19. The summed E-state index contributed by atoms with van der Waals surface area (Å²) in [7, 11) is 0. The second-order valence-corrected chi connectivity index (χ2v) is 8.44. The van der Waals surface area contributed by atoms with Gasteiger partial charge in [-0.3, -0.25) is 0 Å². The normalized spacial score (nSPS) is 11.2. The Morgan fingerprint density at radius 1 is 0.645 bits per heavy atom. The Morgan fingerprint density at radius 2 is 0.806 bits per heavy atom. The molecule has 0 rings (SSSR count). The van der Waals surface area contributed by atoms with Crippen LogP contribution < -0.4 is 33.0 Å². The van der Waals surface area contributed by atoms with E-state index in [4.69, 9.17) is 5.11 Å². The zero-order chi connectivity index (χ0) is 26.3. The molecule has 0 radical (unpaired) electrons. The van der Waals surface area contributed by atoms with Gasteiger partial charge < -0.3 is 34.8 Å². The molecule has 0 aromatic rings. The average molecular weight is 597 g/mol. The predicted molar refractivity (Wildman–Crippen MR) is 47.3 cm³/mol. The Kier molecular flexibility index (Phi) is 18.3. The second-order valence-electron chi connectivity index (χ2n) is 3.88. The number of aliphatic carboxylic acids is 3. The van der Waals surface area contributed by atoms with Crippen molar-refractivity contribution in [3.63, 3.8) is 0 Å². The van der Waals surface area contributed by atoms with E-state index in [9.17, 15) is 64.2 Å². The molecule has 0 heterocycles. The predicted octanol–water partition coefficient (Wildman–Crippen LogP) is -10.5. The monoisotopic (exact) mass is 597 g/mol. The number of hydrogen-bond acceptors (Lipinski definition) is 19. The van der Waals surface area contributed by atoms with Gasteiger partial charge in [0.15, 0.2) is 0 Å². The zero-order valence-electron chi connectivity index (χ0n) is 14.5. The number of carbonyl (C=O) groups is 3. The Balaban J connectivity index is -0.000000171. The number of carboxylic acids is 3. The summed E-state index contributed by atoms with van der Waals surface area (Å²) in [5.74, 6) is 1.16. The van der Waals surface area contributed by atoms with Gasteiger partial charge in [-0.05, 0) is 0 Å². The quantitative estimate of drug-likeness (QED) is 0.149. The van der Waals surface area contributed by atoms with Crippen LogP contribution in [0.1, 0.15) is 12.8 Å². The third-order valence-corrected chi connectivity index (χ3v) is 2.91. The van der Waals surface area contributed by atoms with Gasteiger partial charge in [0.05, 0.1) is 5.97 Å². The molecule has 0 spiro atoms. The van der Waals surface area contributed by atoms with E-state index in [0.29, 0.717) is 0 Å². The third kappa shape index (κ3) is 35.7. The van der Waals surface area contributed by atoms with Crippen molar-refractivity contribution in [1.82, 2.24) is 0 Å². The maximum atomic E-state index is 10.1. The van der Waals surface area contributed by atoms with Crippen LogP contribution in [0.3, 0.4) is 0 Å². The molecule has 0 aliphatic carbocycles. The summed E-state index contributed by atoms with van der Waals surface area (Å²) in [6, 6.07) is 0. The topological polar surface area (TPSA) is 405 Å². The van der Waals surface area contributed by atoms with Gasteiger partial charge in [0.1, 0.15) is 5.60 Å². The van der Waals surface area contributed by atoms with E-state index in [1.807, 2.05) is 0 Å². The second kappa shape index (κ2) is 15.7. The molecule has 0 aromatic carbocycles. The molecule has 22 nitrogen and oxygen atoms in total. The van der Waals surface area contributed by atoms with E-state index >= 15 is 0 Å². The first-order valence-corrected chi connectivity index (χ1v) is 11.6. The number of carboxylic acid groups (broad SMARTS) is 3. The van der Waals surface area contributed by atoms with Gasteiger partial charge in [-0.15, -0.1) is 0 Å². The van der Waals surface area contributed by atoms with Crippen LogP contribution in [-0.4, -0.2) is 28.6 Å². The molecule has 0 saturated carbocycles. The first-order chi connectivity index (χ1) is 13.5. The average Bonchev–Trinajstić information content (AvgIpc) is 2.53. The van der Waals surface area contributed by atoms with Crippen LogP contribution in [0.5, 0.6) is 0 Å². The van der Waals surface area contributed by atoms with Crippen LogP contribution in [0.25, 0.3) is 0 Å². The Morgan fingerprint density at radius 3 is 0.871 bits per heavy atom. The number of aliphatic hydroxyl groups is 1. The van der Waals surface area contributed by atoms with Crippen molar-refractivity contribution < 1.29 is 138 Å². The summed E-state index contributed by atoms with van der Waals surface area (Å²) >= 11 is -15.0. The molecule has 0 aliphatic rings. The van der Waals surface area contributed by atoms with Crippen molar-refractivity contribution in [3.8, 4) is 0 Å². The van der Waals surface area contributed by atoms with Crippen molar-refractivity contribution in [1.29, 1.82) is 0 Å². The van der Waals surface area contributed by atoms with Crippen molar-refractivity contribution in [2.75, 3.05) is 0 Å². The molecule has 0 unspecified atom stereocenters. The number of rotatable bonds is 8. The summed E-state index contributed by atoms with van der Waals surface area (Å²) < 4.78 is 92.4. The molecule has 0 saturated heterocycles. The zero-order valence-corrected chi connectivity index (χ0v) is 18.0. The van der Waals surface area contributed by atoms with Gasteiger partial charge in [0.25, 0.3) is 0 Å². The van der Waals surface area contributed by atoms with E-state index in [2.05, 4.69) is 29.5 Å². The SMILES string of the molecule is O=C([O-])CC(O)(CC(=O)[O-])C(=O)[O-].[NH3+][O][Mn](=[O])(=[O])=[O].[NH3+][O][Mn](=[O])(=[O])=[O].[NH3+][O][Mn](=[O])(=[O])=[O]. The van der Waals surface area contributed by atoms with Crippen molar-refractivity contribution in [2.24, 2.45) is 0 Å². The molecule has 25 heteroatoms. The third-order valence-electron chi connectivity index (χ3n) is 1.65. The molecule has 10 N–H and O–H groups in total. The summed E-state index contributed by atoms with van der Waals surface area (Å²) in [6.45, 7) is 0. The number of quaternary nitrogens is 3. The summed E-state index contributed by atoms with van der Waals surface area (Å²) in [5.41, 5.74) is -2.97. The number of hydrogen-bond donors (Lipinski definition) is 4. The van der Waals surface area contributed by atoms with Crippen LogP contribution in [0.2, 0.25) is 0 Å². The van der Waals surface area contributed by atoms with Crippen LogP contribution in [0.4, 0.5) is 0 Å². The minimum absolute atomic E-state index is 1.36. The number of carbonyl (C=O) groups excluding carboxylic acids is 3. The molecule has 0 amide bonds. The van der Waals surface area contributed by atoms with Gasteiger partial charge in [0.2, 0.25) is 0 Å². The molecular weight excluding hydrogens is 583 g/mol. The van der Waals surface area contributed by atoms with Gasteiger partial charge in [0, 0.05) is 24.8 Å². The van der Waals surface area contributed by atoms with Crippen molar-refractivity contribution >= 4 is 17.9 Å². The van der Waals surface area contributed by atoms with E-state index in [0.717, 1.165) is 0 Å². The van der Waals surface area contributed by atoms with Gasteiger partial charge in [-0.1, -0.05) is 0 Å². The van der Waals surface area contributed by atoms with E-state index in [1.54, 1.807) is 0 Å². The van der Waals surface area contributed by atoms with Gasteiger partial charge in [-0.25, -0.2) is 0 Å². The molecule has 188 valence electrons. The van der Waals surface area contributed by atoms with Crippen molar-refractivity contribution in [3.05, 3.63) is 0 Å². The fourth-order valence-electron chi connectivity index (χ4n) is 0.684. The maximum absolute atomic E-state index is 10.1. The molecule has 31 heavy (non-hydrogen) atoms. The summed E-state index contributed by atoms with van der Waals surface area (Å²) in [5, 5.41) is 38.9. The Labute approximate surface area is 174 Å². The fraction of sp³-hybridized carbons (Fsp3) is 0.500. The van der Waals surface area contributed by atoms with Crippen LogP contribution in [-0.2, 0) is 99.6 Å². The van der Waals surface area contributed by atoms with Gasteiger partial charge in [-0.2, -0.15) is 0 Å². The molecule has 0 atom stereocenters. The molecule has 0 aromatic heterocycles.